The highest BCUT2D eigenvalue weighted by molar-refractivity contribution is 8.26. The molecule has 0 spiro atoms. The van der Waals surface area contributed by atoms with Crippen LogP contribution in [-0.2, 0) is 11.8 Å². The van der Waals surface area contributed by atoms with Gasteiger partial charge >= 0.3 is 0 Å². The summed E-state index contributed by atoms with van der Waals surface area (Å²) in [5, 5.41) is 9.74. The molecule has 1 aromatic heterocycles. The van der Waals surface area contributed by atoms with Gasteiger partial charge in [0.2, 0.25) is 0 Å². The Hall–Kier alpha value is -3.16. The van der Waals surface area contributed by atoms with Gasteiger partial charge in [-0.3, -0.25) is 19.1 Å². The van der Waals surface area contributed by atoms with Crippen LogP contribution in [0.5, 0.6) is 0 Å². The van der Waals surface area contributed by atoms with Crippen molar-refractivity contribution in [2.75, 3.05) is 42.5 Å². The Morgan fingerprint density at radius 1 is 1.08 bits per heavy atom. The van der Waals surface area contributed by atoms with E-state index in [1.54, 1.807) is 37.1 Å². The molecule has 38 heavy (non-hydrogen) atoms. The fourth-order valence-electron chi connectivity index (χ4n) is 4.94. The molecule has 10 heteroatoms. The molecule has 4 rings (SSSR count). The molecule has 7 nitrogen and oxygen atoms in total. The minimum absolute atomic E-state index is 0.0718. The summed E-state index contributed by atoms with van der Waals surface area (Å²) in [5.41, 5.74) is 1.90. The maximum Gasteiger partial charge on any atom is 0.270 e. The van der Waals surface area contributed by atoms with Gasteiger partial charge in [0, 0.05) is 51.0 Å². The van der Waals surface area contributed by atoms with Crippen molar-refractivity contribution < 1.29 is 9.18 Å². The van der Waals surface area contributed by atoms with Gasteiger partial charge in [-0.1, -0.05) is 50.2 Å². The maximum absolute atomic E-state index is 13.4. The Balaban J connectivity index is 1.65. The number of carbonyl (C=O) groups is 1. The van der Waals surface area contributed by atoms with Crippen molar-refractivity contribution in [3.8, 4) is 6.07 Å². The number of pyridine rings is 1. The van der Waals surface area contributed by atoms with E-state index in [4.69, 9.17) is 12.2 Å². The number of halogens is 1. The molecule has 2 saturated heterocycles. The summed E-state index contributed by atoms with van der Waals surface area (Å²) in [7, 11) is 1.67. The molecule has 1 amide bonds. The molecule has 0 unspecified atom stereocenters. The Kier molecular flexibility index (Phi) is 8.90. The lowest BCUT2D eigenvalue weighted by atomic mass is 10.0. The van der Waals surface area contributed by atoms with Crippen LogP contribution in [0.15, 0.2) is 34.0 Å². The lowest BCUT2D eigenvalue weighted by Crippen LogP contribution is -2.48. The first-order valence-electron chi connectivity index (χ1n) is 12.9. The number of rotatable bonds is 8. The zero-order valence-electron chi connectivity index (χ0n) is 22.0. The number of amides is 1. The molecule has 0 N–H and O–H groups in total. The zero-order valence-corrected chi connectivity index (χ0v) is 23.6. The Labute approximate surface area is 232 Å². The quantitative estimate of drug-likeness (QED) is 0.264. The van der Waals surface area contributed by atoms with Gasteiger partial charge in [-0.15, -0.1) is 0 Å². The molecule has 0 saturated carbocycles. The number of hydrogen-bond acceptors (Lipinski definition) is 7. The highest BCUT2D eigenvalue weighted by Crippen LogP contribution is 2.36. The van der Waals surface area contributed by atoms with Crippen LogP contribution in [0.4, 0.5) is 15.9 Å². The minimum atomic E-state index is -0.360. The van der Waals surface area contributed by atoms with Crippen LogP contribution in [0.25, 0.3) is 6.08 Å². The van der Waals surface area contributed by atoms with Gasteiger partial charge in [0.15, 0.2) is 0 Å². The molecule has 2 aliphatic heterocycles. The summed E-state index contributed by atoms with van der Waals surface area (Å²) in [5.74, 6) is 0.278. The fraction of sp³-hybridized carbons (Fsp3) is 0.429. The predicted octanol–water partition coefficient (Wildman–Crippen LogP) is 4.81. The zero-order chi connectivity index (χ0) is 27.4. The number of thioether (sulfide) groups is 1. The average molecular weight is 554 g/mol. The van der Waals surface area contributed by atoms with Crippen molar-refractivity contribution in [3.63, 3.8) is 0 Å². The molecule has 200 valence electrons. The monoisotopic (exact) mass is 553 g/mol. The molecule has 0 radical (unpaired) electrons. The van der Waals surface area contributed by atoms with Gasteiger partial charge in [0.05, 0.1) is 4.91 Å². The first-order valence-corrected chi connectivity index (χ1v) is 14.1. The number of benzene rings is 1. The number of hydrogen-bond donors (Lipinski definition) is 0. The average Bonchev–Trinajstić information content (AvgIpc) is 3.18. The molecule has 2 fully saturated rings. The van der Waals surface area contributed by atoms with Crippen LogP contribution < -0.4 is 15.4 Å². The summed E-state index contributed by atoms with van der Waals surface area (Å²) in [6.45, 7) is 7.10. The molecule has 3 heterocycles. The molecule has 0 atom stereocenters. The number of unbranched alkanes of at least 4 members (excludes halogenated alkanes) is 3. The van der Waals surface area contributed by atoms with E-state index in [1.165, 1.54) is 28.5 Å². The van der Waals surface area contributed by atoms with Gasteiger partial charge in [0.1, 0.15) is 27.6 Å². The summed E-state index contributed by atoms with van der Waals surface area (Å²) >= 11 is 6.79. The third-order valence-electron chi connectivity index (χ3n) is 7.12. The van der Waals surface area contributed by atoms with E-state index in [1.807, 2.05) is 0 Å². The Morgan fingerprint density at radius 3 is 2.37 bits per heavy atom. The largest absolute Gasteiger partial charge is 0.368 e. The van der Waals surface area contributed by atoms with E-state index in [0.717, 1.165) is 31.4 Å². The maximum atomic E-state index is 13.4. The van der Waals surface area contributed by atoms with Gasteiger partial charge in [0.25, 0.3) is 11.5 Å². The highest BCUT2D eigenvalue weighted by Gasteiger charge is 2.33. The standard InChI is InChI=1S/C28H32FN5O2S2/c1-4-5-6-7-12-34-27(36)24(38-28(34)37)17-22-19(2)23(18-30)26(35)31(3)25(22)33-15-13-32(14-16-33)21-10-8-20(29)9-11-21/h8-11,17H,4-7,12-16H2,1-3H3/b24-17+. The van der Waals surface area contributed by atoms with Crippen LogP contribution >= 0.6 is 24.0 Å². The first kappa shape index (κ1) is 27.9. The summed E-state index contributed by atoms with van der Waals surface area (Å²) < 4.78 is 15.4. The third kappa shape index (κ3) is 5.64. The van der Waals surface area contributed by atoms with E-state index in [9.17, 15) is 19.2 Å². The number of aromatic nitrogens is 1. The Morgan fingerprint density at radius 2 is 1.74 bits per heavy atom. The number of thiocarbonyl (C=S) groups is 1. The number of carbonyl (C=O) groups excluding carboxylic acids is 1. The molecule has 1 aromatic carbocycles. The second-order valence-electron chi connectivity index (χ2n) is 9.56. The van der Waals surface area contributed by atoms with Crippen molar-refractivity contribution in [2.24, 2.45) is 7.05 Å². The van der Waals surface area contributed by atoms with E-state index >= 15 is 0 Å². The van der Waals surface area contributed by atoms with E-state index in [2.05, 4.69) is 22.8 Å². The van der Waals surface area contributed by atoms with Crippen LogP contribution in [0.1, 0.15) is 49.3 Å². The lowest BCUT2D eigenvalue weighted by molar-refractivity contribution is -0.122. The van der Waals surface area contributed by atoms with Crippen LogP contribution in [-0.4, -0.2) is 52.4 Å². The van der Waals surface area contributed by atoms with Gasteiger partial charge < -0.3 is 9.80 Å². The minimum Gasteiger partial charge on any atom is -0.368 e. The second kappa shape index (κ2) is 12.1. The smallest absolute Gasteiger partial charge is 0.270 e. The van der Waals surface area contributed by atoms with Crippen molar-refractivity contribution in [1.82, 2.24) is 9.47 Å². The summed E-state index contributed by atoms with van der Waals surface area (Å²) in [6, 6.07) is 8.49. The van der Waals surface area contributed by atoms with Gasteiger partial charge in [-0.2, -0.15) is 5.26 Å². The van der Waals surface area contributed by atoms with E-state index in [0.29, 0.717) is 58.9 Å². The summed E-state index contributed by atoms with van der Waals surface area (Å²) in [6.07, 6.45) is 5.98. The summed E-state index contributed by atoms with van der Waals surface area (Å²) in [4.78, 5) is 32.8. The number of piperazine rings is 1. The molecule has 0 aliphatic carbocycles. The van der Waals surface area contributed by atoms with Crippen molar-refractivity contribution >= 4 is 51.8 Å². The molecular formula is C28H32FN5O2S2. The first-order chi connectivity index (χ1) is 18.3. The third-order valence-corrected chi connectivity index (χ3v) is 8.50. The molecule has 2 aliphatic rings. The number of nitriles is 1. The topological polar surface area (TPSA) is 72.6 Å². The Bertz CT molecular complexity index is 1360. The number of anilines is 2. The molecule has 0 bridgehead atoms. The van der Waals surface area contributed by atoms with Crippen molar-refractivity contribution in [1.29, 1.82) is 5.26 Å². The van der Waals surface area contributed by atoms with Crippen molar-refractivity contribution in [2.45, 2.75) is 39.5 Å². The van der Waals surface area contributed by atoms with Crippen LogP contribution in [0.3, 0.4) is 0 Å². The van der Waals surface area contributed by atoms with E-state index in [-0.39, 0.29) is 22.8 Å². The van der Waals surface area contributed by atoms with Gasteiger partial charge in [-0.05, 0) is 49.2 Å². The molecular weight excluding hydrogens is 521 g/mol. The van der Waals surface area contributed by atoms with Crippen LogP contribution in [0, 0.1) is 24.1 Å². The van der Waals surface area contributed by atoms with Gasteiger partial charge in [-0.25, -0.2) is 4.39 Å². The number of nitrogens with zero attached hydrogens (tertiary/aromatic N) is 5. The second-order valence-corrected chi connectivity index (χ2v) is 11.2. The highest BCUT2D eigenvalue weighted by atomic mass is 32.2. The lowest BCUT2D eigenvalue weighted by Gasteiger charge is -2.38. The fourth-order valence-corrected chi connectivity index (χ4v) is 6.23. The molecule has 2 aromatic rings. The van der Waals surface area contributed by atoms with Crippen LogP contribution in [0.2, 0.25) is 0 Å². The van der Waals surface area contributed by atoms with Crippen molar-refractivity contribution in [3.05, 3.63) is 62.0 Å². The normalized spacial score (nSPS) is 17.0. The predicted molar refractivity (Wildman–Crippen MR) is 156 cm³/mol. The SMILES string of the molecule is CCCCCCN1C(=O)/C(=C\c2c(C)c(C#N)c(=O)n(C)c2N2CCN(c3ccc(F)cc3)CC2)SC1=S. The van der Waals surface area contributed by atoms with E-state index < -0.39 is 0 Å².